The zero-order chi connectivity index (χ0) is 46.4. The number of hydrogen-bond donors (Lipinski definition) is 2. The predicted octanol–water partition coefficient (Wildman–Crippen LogP) is 10.4. The Morgan fingerprint density at radius 1 is 0.908 bits per heavy atom. The number of allylic oxidation sites excluding steroid dienone is 1. The van der Waals surface area contributed by atoms with Gasteiger partial charge in [-0.05, 0) is 113 Å². The van der Waals surface area contributed by atoms with Gasteiger partial charge in [0.15, 0.2) is 0 Å². The Balaban J connectivity index is 0.00000793. The minimum Gasteiger partial charge on any atom is -0.664 e. The molecule has 1 aliphatic carbocycles. The number of ketones is 1. The molecule has 14 atom stereocenters. The van der Waals surface area contributed by atoms with Gasteiger partial charge in [0.1, 0.15) is 18.3 Å². The van der Waals surface area contributed by atoms with E-state index in [1.54, 1.807) is 0 Å². The van der Waals surface area contributed by atoms with Crippen LogP contribution in [0.5, 0.6) is 0 Å². The van der Waals surface area contributed by atoms with Gasteiger partial charge in [-0.3, -0.25) is 14.4 Å². The number of aromatic nitrogens is 1. The van der Waals surface area contributed by atoms with Crippen LogP contribution in [0, 0.1) is 60.2 Å². The Labute approximate surface area is 410 Å². The van der Waals surface area contributed by atoms with Crippen LogP contribution in [0.25, 0.3) is 11.4 Å². The van der Waals surface area contributed by atoms with E-state index in [1.165, 1.54) is 68.8 Å². The Hall–Kier alpha value is -2.24. The van der Waals surface area contributed by atoms with Crippen LogP contribution < -0.4 is 15.6 Å². The van der Waals surface area contributed by atoms with Gasteiger partial charge >= 0.3 is 35.0 Å². The maximum Gasteiger partial charge on any atom is 2.00 e. The van der Waals surface area contributed by atoms with Crippen molar-refractivity contribution in [3.8, 4) is 0 Å². The zero-order valence-corrected chi connectivity index (χ0v) is 43.9. The van der Waals surface area contributed by atoms with Crippen LogP contribution >= 0.6 is 0 Å². The molecule has 0 spiro atoms. The van der Waals surface area contributed by atoms with E-state index in [0.29, 0.717) is 12.8 Å². The van der Waals surface area contributed by atoms with Gasteiger partial charge in [-0.25, -0.2) is 0 Å². The Morgan fingerprint density at radius 3 is 2.23 bits per heavy atom. The first-order valence-electron chi connectivity index (χ1n) is 25.7. The minimum absolute atomic E-state index is 0. The average Bonchev–Trinajstić information content (AvgIpc) is 3.99. The molecule has 65 heavy (non-hydrogen) atoms. The van der Waals surface area contributed by atoms with Gasteiger partial charge in [-0.2, -0.15) is 11.4 Å². The van der Waals surface area contributed by atoms with Crippen molar-refractivity contribution in [1.29, 1.82) is 0 Å². The largest absolute Gasteiger partial charge is 2.00 e. The molecule has 0 radical (unpaired) electrons. The summed E-state index contributed by atoms with van der Waals surface area (Å²) >= 11 is 0. The molecule has 0 aromatic carbocycles. The van der Waals surface area contributed by atoms with Crippen molar-refractivity contribution in [3.63, 3.8) is 0 Å². The van der Waals surface area contributed by atoms with Gasteiger partial charge in [0, 0.05) is 36.5 Å². The third kappa shape index (κ3) is 12.5. The molecule has 3 fully saturated rings. The van der Waals surface area contributed by atoms with Crippen molar-refractivity contribution >= 4 is 46.9 Å². The molecule has 5 aliphatic rings. The summed E-state index contributed by atoms with van der Waals surface area (Å²) in [6.45, 7) is 27.2. The van der Waals surface area contributed by atoms with Gasteiger partial charge in [0.05, 0.1) is 7.11 Å². The molecule has 8 bridgehead atoms. The quantitative estimate of drug-likeness (QED) is 0.0574. The first-order valence-corrected chi connectivity index (χ1v) is 25.7. The number of carbonyl (C=O) groups excluding carboxylic acids is 3. The molecule has 6 rings (SSSR count). The summed E-state index contributed by atoms with van der Waals surface area (Å²) < 4.78 is 11.2. The molecule has 2 saturated heterocycles. The van der Waals surface area contributed by atoms with Gasteiger partial charge < -0.3 is 30.4 Å². The first-order chi connectivity index (χ1) is 30.6. The second kappa shape index (κ2) is 24.4. The van der Waals surface area contributed by atoms with Crippen LogP contribution in [0.3, 0.4) is 0 Å². The number of Topliss-reactive ketones (excluding diaryl/α,β-unsaturated/α-hetero) is 1. The number of esters is 2. The standard InChI is InChI=1S/C55H86N4O5.Mg/c1-13-39-35(8)42-28-44-37(10)41(24-25-48(60)64-27-26-34(7)23-17-22-33(6)21-16-20-32(5)19-15-18-31(3)4)52(58-44)50-51(55(62)63-12)54(61)49-38(11)45(59-53(49)50)30-47-40(14-2)36(9)43(57-47)29-46(39)56-42;/h13,26,31-33,37-38,41,43-45,47,49-53,57-58H,1,14-25,27-30H2,2-12H3;/q-2;+2/b34-26+;/t32-,33-,37+,38?,41+,43?,44?,45?,47?,49?,50?,51-,52?,53?;/m1./s1. The van der Waals surface area contributed by atoms with Gasteiger partial charge in [0.2, 0.25) is 0 Å². The summed E-state index contributed by atoms with van der Waals surface area (Å²) in [6, 6.07) is -0.156. The third-order valence-electron chi connectivity index (χ3n) is 17.0. The number of nitrogens with one attached hydrogen (secondary N) is 2. The van der Waals surface area contributed by atoms with Crippen LogP contribution in [-0.2, 0) is 36.7 Å². The van der Waals surface area contributed by atoms with E-state index in [0.717, 1.165) is 72.4 Å². The Bertz CT molecular complexity index is 1850. The maximum atomic E-state index is 14.6. The topological polar surface area (TPSA) is 122 Å². The van der Waals surface area contributed by atoms with E-state index < -0.39 is 11.9 Å². The average molecular weight is 908 g/mol. The minimum atomic E-state index is -0.895. The van der Waals surface area contributed by atoms with E-state index in [9.17, 15) is 14.4 Å². The number of methoxy groups -OCH3 is 1. The molecule has 9 nitrogen and oxygen atoms in total. The molecule has 0 amide bonds. The van der Waals surface area contributed by atoms with Crippen molar-refractivity contribution in [3.05, 3.63) is 57.2 Å². The monoisotopic (exact) mass is 907 g/mol. The van der Waals surface area contributed by atoms with Crippen LogP contribution in [0.1, 0.15) is 168 Å². The number of carbonyl (C=O) groups is 3. The maximum absolute atomic E-state index is 14.6. The second-order valence-electron chi connectivity index (χ2n) is 21.8. The SMILES string of the molecule is C=Cc1c2[n-]c(c1C)CC1NC(C3C4[N-]C(CC5NC(C2)C(C)=C5CC)C(C)C4C(=O)[C@@H]3C(=O)OC)[C@@H](CCC(=O)OC/C=C(\C)CCC[C@H](C)CCC[C@H](C)CCCC(C)C)[C@@H]1C.[Mg+2]. The van der Waals surface area contributed by atoms with Crippen molar-refractivity contribution in [2.24, 2.45) is 53.3 Å². The fraction of sp³-hybridized carbons (Fsp3) is 0.764. The predicted molar refractivity (Wildman–Crippen MR) is 266 cm³/mol. The second-order valence-corrected chi connectivity index (χ2v) is 21.8. The smallest absolute Gasteiger partial charge is 0.664 e. The molecule has 10 heteroatoms. The van der Waals surface area contributed by atoms with Gasteiger partial charge in [0.25, 0.3) is 0 Å². The molecular formula is C55H86MgN4O5. The van der Waals surface area contributed by atoms with Crippen LogP contribution in [0.4, 0.5) is 0 Å². The normalized spacial score (nSPS) is 31.9. The fourth-order valence-corrected chi connectivity index (χ4v) is 13.0. The van der Waals surface area contributed by atoms with E-state index >= 15 is 0 Å². The zero-order valence-electron chi connectivity index (χ0n) is 42.5. The number of hydrogen-bond acceptors (Lipinski definition) is 7. The van der Waals surface area contributed by atoms with E-state index in [2.05, 4.69) is 92.5 Å². The van der Waals surface area contributed by atoms with E-state index in [4.69, 9.17) is 19.8 Å². The molecular weight excluding hydrogens is 821 g/mol. The molecule has 9 unspecified atom stereocenters. The molecule has 1 aromatic heterocycles. The van der Waals surface area contributed by atoms with Crippen molar-refractivity contribution < 1.29 is 23.9 Å². The van der Waals surface area contributed by atoms with Crippen LogP contribution in [-0.4, -0.2) is 90.7 Å². The molecule has 2 N–H and O–H groups in total. The summed E-state index contributed by atoms with van der Waals surface area (Å²) in [5.74, 6) is 0.223. The summed E-state index contributed by atoms with van der Waals surface area (Å²) in [5, 5.41) is 13.5. The van der Waals surface area contributed by atoms with E-state index in [1.807, 2.05) is 6.08 Å². The number of nitrogens with zero attached hydrogens (tertiary/aromatic N) is 2. The van der Waals surface area contributed by atoms with Crippen molar-refractivity contribution in [2.75, 3.05) is 13.7 Å². The molecule has 5 heterocycles. The van der Waals surface area contributed by atoms with Gasteiger partial charge in [-0.15, -0.1) is 12.1 Å². The Kier molecular flexibility index (Phi) is 20.1. The van der Waals surface area contributed by atoms with Crippen LogP contribution in [0.2, 0.25) is 0 Å². The summed E-state index contributed by atoms with van der Waals surface area (Å²) in [7, 11) is 1.39. The first kappa shape index (κ1) is 53.7. The molecule has 4 aliphatic heterocycles. The van der Waals surface area contributed by atoms with Crippen LogP contribution in [0.15, 0.2) is 29.4 Å². The van der Waals surface area contributed by atoms with Crippen molar-refractivity contribution in [2.45, 2.75) is 202 Å². The summed E-state index contributed by atoms with van der Waals surface area (Å²) in [4.78, 5) is 47.1. The number of ether oxygens (including phenoxy) is 2. The summed E-state index contributed by atoms with van der Waals surface area (Å²) in [6.07, 6.45) is 19.6. The van der Waals surface area contributed by atoms with Crippen molar-refractivity contribution in [1.82, 2.24) is 15.6 Å². The molecule has 358 valence electrons. The molecule has 1 aromatic rings. The molecule has 1 saturated carbocycles. The van der Waals surface area contributed by atoms with Gasteiger partial charge in [-0.1, -0.05) is 134 Å². The van der Waals surface area contributed by atoms with E-state index in [-0.39, 0.29) is 114 Å². The fourth-order valence-electron chi connectivity index (χ4n) is 13.0. The number of fused-ring (bicyclic) bond motifs is 8. The third-order valence-corrected chi connectivity index (χ3v) is 17.0. The number of rotatable bonds is 20. The Morgan fingerprint density at radius 2 is 1.58 bits per heavy atom. The summed E-state index contributed by atoms with van der Waals surface area (Å²) in [5.41, 5.74) is 8.52.